The van der Waals surface area contributed by atoms with Crippen LogP contribution in [0, 0.1) is 6.92 Å². The van der Waals surface area contributed by atoms with Gasteiger partial charge in [-0.15, -0.1) is 0 Å². The van der Waals surface area contributed by atoms with Crippen molar-refractivity contribution in [2.75, 3.05) is 17.2 Å². The van der Waals surface area contributed by atoms with Gasteiger partial charge in [0.15, 0.2) is 6.61 Å². The first kappa shape index (κ1) is 20.8. The van der Waals surface area contributed by atoms with E-state index in [2.05, 4.69) is 16.0 Å². The van der Waals surface area contributed by atoms with Crippen molar-refractivity contribution in [3.05, 3.63) is 53.6 Å². The summed E-state index contributed by atoms with van der Waals surface area (Å²) in [6.45, 7) is 5.07. The van der Waals surface area contributed by atoms with Gasteiger partial charge < -0.3 is 25.8 Å². The third-order valence-corrected chi connectivity index (χ3v) is 3.63. The highest BCUT2D eigenvalue weighted by Gasteiger charge is 2.10. The van der Waals surface area contributed by atoms with Crippen LogP contribution in [-0.2, 0) is 4.79 Å². The molecule has 0 aliphatic rings. The molecule has 0 unspecified atom stereocenters. The molecule has 2 aromatic carbocycles. The van der Waals surface area contributed by atoms with Crippen molar-refractivity contribution < 1.29 is 24.2 Å². The van der Waals surface area contributed by atoms with E-state index in [4.69, 9.17) is 9.84 Å². The van der Waals surface area contributed by atoms with Crippen LogP contribution in [0.5, 0.6) is 5.75 Å². The molecule has 0 aliphatic heterocycles. The summed E-state index contributed by atoms with van der Waals surface area (Å²) < 4.78 is 5.11. The highest BCUT2D eigenvalue weighted by Crippen LogP contribution is 2.22. The molecule has 8 nitrogen and oxygen atoms in total. The Morgan fingerprint density at radius 3 is 2.29 bits per heavy atom. The van der Waals surface area contributed by atoms with Crippen molar-refractivity contribution in [1.29, 1.82) is 0 Å². The van der Waals surface area contributed by atoms with E-state index in [9.17, 15) is 14.4 Å². The van der Waals surface area contributed by atoms with Crippen LogP contribution in [-0.4, -0.2) is 35.7 Å². The third-order valence-electron chi connectivity index (χ3n) is 3.63. The van der Waals surface area contributed by atoms with Crippen LogP contribution in [0.3, 0.4) is 0 Å². The molecule has 3 amide bonds. The van der Waals surface area contributed by atoms with E-state index in [1.54, 1.807) is 49.4 Å². The predicted octanol–water partition coefficient (Wildman–Crippen LogP) is 3.24. The molecule has 0 radical (unpaired) electrons. The van der Waals surface area contributed by atoms with E-state index in [0.29, 0.717) is 22.7 Å². The van der Waals surface area contributed by atoms with Crippen molar-refractivity contribution in [1.82, 2.24) is 5.32 Å². The summed E-state index contributed by atoms with van der Waals surface area (Å²) >= 11 is 0. The molecule has 0 saturated heterocycles. The second-order valence-electron chi connectivity index (χ2n) is 6.44. The number of ether oxygens (including phenoxy) is 1. The Hall–Kier alpha value is -3.55. The second kappa shape index (κ2) is 9.40. The number of nitrogens with one attached hydrogen (secondary N) is 3. The SMILES string of the molecule is Cc1cc(OCC(=O)O)ccc1NC(=O)c1ccc(NC(=O)NC(C)C)cc1. The number of carboxylic acid groups (broad SMARTS) is 1. The van der Waals surface area contributed by atoms with Gasteiger partial charge >= 0.3 is 12.0 Å². The van der Waals surface area contributed by atoms with E-state index in [1.165, 1.54) is 0 Å². The number of hydrogen-bond donors (Lipinski definition) is 4. The minimum Gasteiger partial charge on any atom is -0.482 e. The molecule has 28 heavy (non-hydrogen) atoms. The standard InChI is InChI=1S/C20H23N3O5/c1-12(2)21-20(27)22-15-6-4-14(5-7-15)19(26)23-17-9-8-16(10-13(17)3)28-11-18(24)25/h4-10,12H,11H2,1-3H3,(H,23,26)(H,24,25)(H2,21,22,27). The molecule has 2 aromatic rings. The van der Waals surface area contributed by atoms with Gasteiger partial charge in [0, 0.05) is 23.0 Å². The molecule has 2 rings (SSSR count). The smallest absolute Gasteiger partial charge is 0.341 e. The lowest BCUT2D eigenvalue weighted by Crippen LogP contribution is -2.34. The number of carboxylic acids is 1. The molecular formula is C20H23N3O5. The average molecular weight is 385 g/mol. The Bertz CT molecular complexity index is 863. The Morgan fingerprint density at radius 2 is 1.71 bits per heavy atom. The molecule has 4 N–H and O–H groups in total. The van der Waals surface area contributed by atoms with Crippen molar-refractivity contribution in [3.8, 4) is 5.75 Å². The van der Waals surface area contributed by atoms with E-state index < -0.39 is 12.6 Å². The number of benzene rings is 2. The fraction of sp³-hybridized carbons (Fsp3) is 0.250. The number of amides is 3. The second-order valence-corrected chi connectivity index (χ2v) is 6.44. The number of urea groups is 1. The Kier molecular flexibility index (Phi) is 6.97. The number of hydrogen-bond acceptors (Lipinski definition) is 4. The Labute approximate surface area is 162 Å². The number of aliphatic carboxylic acids is 1. The zero-order chi connectivity index (χ0) is 20.7. The molecule has 0 heterocycles. The first-order chi connectivity index (χ1) is 13.2. The zero-order valence-corrected chi connectivity index (χ0v) is 15.9. The van der Waals surface area contributed by atoms with Crippen LogP contribution in [0.1, 0.15) is 29.8 Å². The lowest BCUT2D eigenvalue weighted by Gasteiger charge is -2.12. The van der Waals surface area contributed by atoms with E-state index >= 15 is 0 Å². The van der Waals surface area contributed by atoms with E-state index in [-0.39, 0.29) is 18.0 Å². The normalized spacial score (nSPS) is 10.3. The maximum atomic E-state index is 12.4. The average Bonchev–Trinajstić information content (AvgIpc) is 2.61. The molecule has 148 valence electrons. The van der Waals surface area contributed by atoms with Gasteiger partial charge in [-0.05, 0) is 68.8 Å². The lowest BCUT2D eigenvalue weighted by molar-refractivity contribution is -0.139. The molecule has 0 atom stereocenters. The maximum Gasteiger partial charge on any atom is 0.341 e. The summed E-state index contributed by atoms with van der Waals surface area (Å²) in [6.07, 6.45) is 0. The zero-order valence-electron chi connectivity index (χ0n) is 15.9. The van der Waals surface area contributed by atoms with Gasteiger partial charge in [-0.3, -0.25) is 4.79 Å². The fourth-order valence-electron chi connectivity index (χ4n) is 2.34. The third kappa shape index (κ3) is 6.31. The number of aryl methyl sites for hydroxylation is 1. The maximum absolute atomic E-state index is 12.4. The number of rotatable bonds is 7. The van der Waals surface area contributed by atoms with Gasteiger partial charge in [-0.2, -0.15) is 0 Å². The summed E-state index contributed by atoms with van der Waals surface area (Å²) in [5.74, 6) is -0.955. The van der Waals surface area contributed by atoms with Gasteiger partial charge in [0.25, 0.3) is 5.91 Å². The number of anilines is 2. The Morgan fingerprint density at radius 1 is 1.04 bits per heavy atom. The fourth-order valence-corrected chi connectivity index (χ4v) is 2.34. The van der Waals surface area contributed by atoms with Crippen LogP contribution in [0.2, 0.25) is 0 Å². The first-order valence-corrected chi connectivity index (χ1v) is 8.69. The monoisotopic (exact) mass is 385 g/mol. The minimum atomic E-state index is -1.06. The molecule has 0 fully saturated rings. The van der Waals surface area contributed by atoms with Crippen molar-refractivity contribution >= 4 is 29.3 Å². The Balaban J connectivity index is 1.99. The summed E-state index contributed by atoms with van der Waals surface area (Å²) in [5, 5.41) is 16.8. The lowest BCUT2D eigenvalue weighted by atomic mass is 10.1. The molecule has 0 aliphatic carbocycles. The summed E-state index contributed by atoms with van der Waals surface area (Å²) in [7, 11) is 0. The number of carbonyl (C=O) groups excluding carboxylic acids is 2. The number of carbonyl (C=O) groups is 3. The first-order valence-electron chi connectivity index (χ1n) is 8.69. The van der Waals surface area contributed by atoms with Crippen LogP contribution >= 0.6 is 0 Å². The van der Waals surface area contributed by atoms with Crippen LogP contribution in [0.25, 0.3) is 0 Å². The van der Waals surface area contributed by atoms with Crippen molar-refractivity contribution in [2.24, 2.45) is 0 Å². The van der Waals surface area contributed by atoms with Gasteiger partial charge in [0.2, 0.25) is 0 Å². The largest absolute Gasteiger partial charge is 0.482 e. The molecule has 0 saturated carbocycles. The van der Waals surface area contributed by atoms with Crippen molar-refractivity contribution in [2.45, 2.75) is 26.8 Å². The van der Waals surface area contributed by atoms with Crippen LogP contribution < -0.4 is 20.7 Å². The predicted molar refractivity (Wildman–Crippen MR) is 106 cm³/mol. The minimum absolute atomic E-state index is 0.0224. The molecular weight excluding hydrogens is 362 g/mol. The van der Waals surface area contributed by atoms with Crippen LogP contribution in [0.4, 0.5) is 16.2 Å². The van der Waals surface area contributed by atoms with Crippen LogP contribution in [0.15, 0.2) is 42.5 Å². The summed E-state index contributed by atoms with van der Waals surface area (Å²) in [4.78, 5) is 34.7. The highest BCUT2D eigenvalue weighted by molar-refractivity contribution is 6.05. The van der Waals surface area contributed by atoms with E-state index in [0.717, 1.165) is 5.56 Å². The molecule has 0 spiro atoms. The van der Waals surface area contributed by atoms with Gasteiger partial charge in [0.05, 0.1) is 0 Å². The van der Waals surface area contributed by atoms with Crippen molar-refractivity contribution in [3.63, 3.8) is 0 Å². The summed E-state index contributed by atoms with van der Waals surface area (Å²) in [6, 6.07) is 11.1. The quantitative estimate of drug-likeness (QED) is 0.584. The molecule has 0 bridgehead atoms. The molecule has 8 heteroatoms. The highest BCUT2D eigenvalue weighted by atomic mass is 16.5. The topological polar surface area (TPSA) is 117 Å². The van der Waals surface area contributed by atoms with E-state index in [1.807, 2.05) is 13.8 Å². The summed E-state index contributed by atoms with van der Waals surface area (Å²) in [5.41, 5.74) is 2.33. The van der Waals surface area contributed by atoms with Gasteiger partial charge in [0.1, 0.15) is 5.75 Å². The van der Waals surface area contributed by atoms with Gasteiger partial charge in [-0.25, -0.2) is 9.59 Å². The van der Waals surface area contributed by atoms with Gasteiger partial charge in [-0.1, -0.05) is 0 Å². The molecule has 0 aromatic heterocycles.